The van der Waals surface area contributed by atoms with Crippen molar-refractivity contribution in [3.05, 3.63) is 65.2 Å². The number of piperidine rings is 1. The fraction of sp³-hybridized carbons (Fsp3) is 0.381. The summed E-state index contributed by atoms with van der Waals surface area (Å²) in [5, 5.41) is 2.92. The summed E-state index contributed by atoms with van der Waals surface area (Å²) < 4.78 is 26.9. The normalized spacial score (nSPS) is 15.4. The first-order chi connectivity index (χ1) is 13.0. The number of sulfonamides is 1. The Morgan fingerprint density at radius 1 is 1.00 bits per heavy atom. The molecule has 0 aliphatic carbocycles. The molecule has 1 saturated heterocycles. The minimum absolute atomic E-state index is 0.0788. The van der Waals surface area contributed by atoms with Crippen molar-refractivity contribution in [2.75, 3.05) is 13.1 Å². The van der Waals surface area contributed by atoms with E-state index in [9.17, 15) is 13.2 Å². The van der Waals surface area contributed by atoms with E-state index in [1.165, 1.54) is 0 Å². The maximum atomic E-state index is 12.7. The molecule has 3 rings (SSSR count). The topological polar surface area (TPSA) is 66.5 Å². The van der Waals surface area contributed by atoms with Gasteiger partial charge in [-0.05, 0) is 48.6 Å². The summed E-state index contributed by atoms with van der Waals surface area (Å²) in [6, 6.07) is 14.6. The Balaban J connectivity index is 1.58. The molecule has 144 valence electrons. The van der Waals surface area contributed by atoms with Gasteiger partial charge in [0.2, 0.25) is 15.9 Å². The maximum absolute atomic E-state index is 12.7. The van der Waals surface area contributed by atoms with Crippen LogP contribution in [0.4, 0.5) is 0 Å². The first kappa shape index (κ1) is 19.6. The number of hydrogen-bond acceptors (Lipinski definition) is 3. The van der Waals surface area contributed by atoms with Gasteiger partial charge in [-0.2, -0.15) is 4.31 Å². The lowest BCUT2D eigenvalue weighted by Crippen LogP contribution is -2.35. The second-order valence-electron chi connectivity index (χ2n) is 6.99. The van der Waals surface area contributed by atoms with Crippen LogP contribution in [0.3, 0.4) is 0 Å². The van der Waals surface area contributed by atoms with Gasteiger partial charge in [0.15, 0.2) is 0 Å². The maximum Gasteiger partial charge on any atom is 0.243 e. The molecule has 0 atom stereocenters. The first-order valence-corrected chi connectivity index (χ1v) is 10.8. The van der Waals surface area contributed by atoms with Crippen LogP contribution in [0.25, 0.3) is 0 Å². The van der Waals surface area contributed by atoms with Crippen LogP contribution in [-0.2, 0) is 27.8 Å². The predicted octanol–water partition coefficient (Wildman–Crippen LogP) is 3.03. The van der Waals surface area contributed by atoms with Crippen molar-refractivity contribution in [1.29, 1.82) is 0 Å². The highest BCUT2D eigenvalue weighted by Gasteiger charge is 2.25. The number of nitrogens with one attached hydrogen (secondary N) is 1. The second-order valence-corrected chi connectivity index (χ2v) is 8.93. The third-order valence-corrected chi connectivity index (χ3v) is 6.89. The zero-order chi connectivity index (χ0) is 19.3. The summed E-state index contributed by atoms with van der Waals surface area (Å²) in [5.41, 5.74) is 3.04. The summed E-state index contributed by atoms with van der Waals surface area (Å²) in [5.74, 6) is -0.0788. The molecule has 1 heterocycles. The molecular weight excluding hydrogens is 360 g/mol. The van der Waals surface area contributed by atoms with E-state index >= 15 is 0 Å². The van der Waals surface area contributed by atoms with Gasteiger partial charge in [-0.1, -0.05) is 42.8 Å². The smallest absolute Gasteiger partial charge is 0.243 e. The number of carbonyl (C=O) groups excluding carboxylic acids is 1. The Bertz CT molecular complexity index is 886. The van der Waals surface area contributed by atoms with Gasteiger partial charge in [0.05, 0.1) is 11.3 Å². The molecule has 5 nitrogen and oxygen atoms in total. The molecule has 6 heteroatoms. The van der Waals surface area contributed by atoms with Crippen molar-refractivity contribution >= 4 is 15.9 Å². The number of carbonyl (C=O) groups is 1. The van der Waals surface area contributed by atoms with Gasteiger partial charge in [0.1, 0.15) is 0 Å². The quantitative estimate of drug-likeness (QED) is 0.830. The standard InChI is InChI=1S/C21H26N2O3S/c1-17-7-3-4-8-19(17)16-22-21(24)15-18-9-11-20(12-10-18)27(25,26)23-13-5-2-6-14-23/h3-4,7-12H,2,5-6,13-16H2,1H3,(H,22,24). The van der Waals surface area contributed by atoms with E-state index in [0.717, 1.165) is 36.0 Å². The molecule has 1 aliphatic rings. The SMILES string of the molecule is Cc1ccccc1CNC(=O)Cc1ccc(S(=O)(=O)N2CCCCC2)cc1. The largest absolute Gasteiger partial charge is 0.352 e. The van der Waals surface area contributed by atoms with Crippen molar-refractivity contribution < 1.29 is 13.2 Å². The summed E-state index contributed by atoms with van der Waals surface area (Å²) in [4.78, 5) is 12.5. The van der Waals surface area contributed by atoms with Crippen LogP contribution in [-0.4, -0.2) is 31.7 Å². The molecule has 0 bridgehead atoms. The minimum Gasteiger partial charge on any atom is -0.352 e. The summed E-state index contributed by atoms with van der Waals surface area (Å²) >= 11 is 0. The van der Waals surface area contributed by atoms with Gasteiger partial charge in [0.25, 0.3) is 0 Å². The lowest BCUT2D eigenvalue weighted by Gasteiger charge is -2.25. The van der Waals surface area contributed by atoms with Crippen molar-refractivity contribution in [3.8, 4) is 0 Å². The Labute approximate surface area is 161 Å². The fourth-order valence-electron chi connectivity index (χ4n) is 3.28. The number of nitrogens with zero attached hydrogens (tertiary/aromatic N) is 1. The van der Waals surface area contributed by atoms with Gasteiger partial charge in [0, 0.05) is 19.6 Å². The lowest BCUT2D eigenvalue weighted by molar-refractivity contribution is -0.120. The number of rotatable bonds is 6. The number of hydrogen-bond donors (Lipinski definition) is 1. The Morgan fingerprint density at radius 3 is 2.33 bits per heavy atom. The Hall–Kier alpha value is -2.18. The van der Waals surface area contributed by atoms with Gasteiger partial charge in [-0.3, -0.25) is 4.79 Å². The minimum atomic E-state index is -3.43. The Kier molecular flexibility index (Phi) is 6.29. The van der Waals surface area contributed by atoms with Gasteiger partial charge >= 0.3 is 0 Å². The molecular formula is C21H26N2O3S. The molecule has 1 aliphatic heterocycles. The van der Waals surface area contributed by atoms with E-state index in [2.05, 4.69) is 5.32 Å². The number of benzene rings is 2. The van der Waals surface area contributed by atoms with Crippen molar-refractivity contribution in [1.82, 2.24) is 9.62 Å². The molecule has 0 unspecified atom stereocenters. The summed E-state index contributed by atoms with van der Waals surface area (Å²) in [6.07, 6.45) is 3.15. The molecule has 2 aromatic carbocycles. The van der Waals surface area contributed by atoms with Gasteiger partial charge in [-0.15, -0.1) is 0 Å². The highest BCUT2D eigenvalue weighted by atomic mass is 32.2. The summed E-state index contributed by atoms with van der Waals surface area (Å²) in [7, 11) is -3.43. The van der Waals surface area contributed by atoms with E-state index in [1.54, 1.807) is 28.6 Å². The molecule has 2 aromatic rings. The highest BCUT2D eigenvalue weighted by molar-refractivity contribution is 7.89. The molecule has 0 aromatic heterocycles. The average molecular weight is 387 g/mol. The van der Waals surface area contributed by atoms with Crippen molar-refractivity contribution in [2.45, 2.75) is 44.0 Å². The molecule has 0 spiro atoms. The van der Waals surface area contributed by atoms with Crippen molar-refractivity contribution in [3.63, 3.8) is 0 Å². The van der Waals surface area contributed by atoms with E-state index in [4.69, 9.17) is 0 Å². The van der Waals surface area contributed by atoms with Crippen LogP contribution in [0.1, 0.15) is 36.0 Å². The van der Waals surface area contributed by atoms with Gasteiger partial charge < -0.3 is 5.32 Å². The number of aryl methyl sites for hydroxylation is 1. The van der Waals surface area contributed by atoms with Crippen LogP contribution in [0.15, 0.2) is 53.4 Å². The monoisotopic (exact) mass is 386 g/mol. The third kappa shape index (κ3) is 4.96. The average Bonchev–Trinajstić information content (AvgIpc) is 2.68. The molecule has 1 N–H and O–H groups in total. The second kappa shape index (κ2) is 8.67. The highest BCUT2D eigenvalue weighted by Crippen LogP contribution is 2.21. The predicted molar refractivity (Wildman–Crippen MR) is 106 cm³/mol. The Morgan fingerprint density at radius 2 is 1.67 bits per heavy atom. The van der Waals surface area contributed by atoms with E-state index < -0.39 is 10.0 Å². The first-order valence-electron chi connectivity index (χ1n) is 9.37. The van der Waals surface area contributed by atoms with Crippen LogP contribution < -0.4 is 5.32 Å². The molecule has 0 radical (unpaired) electrons. The zero-order valence-electron chi connectivity index (χ0n) is 15.6. The molecule has 27 heavy (non-hydrogen) atoms. The van der Waals surface area contributed by atoms with Crippen LogP contribution in [0, 0.1) is 6.92 Å². The summed E-state index contributed by atoms with van der Waals surface area (Å²) in [6.45, 7) is 3.69. The van der Waals surface area contributed by atoms with E-state index in [1.807, 2.05) is 31.2 Å². The van der Waals surface area contributed by atoms with Crippen LogP contribution in [0.2, 0.25) is 0 Å². The van der Waals surface area contributed by atoms with Crippen LogP contribution >= 0.6 is 0 Å². The van der Waals surface area contributed by atoms with Gasteiger partial charge in [-0.25, -0.2) is 8.42 Å². The lowest BCUT2D eigenvalue weighted by atomic mass is 10.1. The van der Waals surface area contributed by atoms with E-state index in [-0.39, 0.29) is 12.3 Å². The zero-order valence-corrected chi connectivity index (χ0v) is 16.5. The third-order valence-electron chi connectivity index (χ3n) is 4.98. The van der Waals surface area contributed by atoms with Crippen molar-refractivity contribution in [2.24, 2.45) is 0 Å². The fourth-order valence-corrected chi connectivity index (χ4v) is 4.80. The molecule has 0 saturated carbocycles. The van der Waals surface area contributed by atoms with E-state index in [0.29, 0.717) is 24.5 Å². The number of amides is 1. The molecule has 1 amide bonds. The van der Waals surface area contributed by atoms with Crippen LogP contribution in [0.5, 0.6) is 0 Å². The molecule has 1 fully saturated rings.